The molecular weight excluding hydrogens is 298 g/mol. The zero-order valence-electron chi connectivity index (χ0n) is 13.8. The first-order chi connectivity index (χ1) is 10.9. The number of hydrogen-bond acceptors (Lipinski definition) is 6. The highest BCUT2D eigenvalue weighted by molar-refractivity contribution is 6.20. The minimum atomic E-state index is -1.14. The molecule has 0 aromatic heterocycles. The molecule has 0 saturated heterocycles. The van der Waals surface area contributed by atoms with Gasteiger partial charge in [0.2, 0.25) is 0 Å². The Bertz CT molecular complexity index is 652. The van der Waals surface area contributed by atoms with E-state index in [9.17, 15) is 9.59 Å². The number of hydrogen-bond donors (Lipinski definition) is 1. The van der Waals surface area contributed by atoms with Gasteiger partial charge in [-0.3, -0.25) is 0 Å². The predicted molar refractivity (Wildman–Crippen MR) is 86.3 cm³/mol. The third kappa shape index (κ3) is 3.31. The Labute approximate surface area is 135 Å². The second-order valence-electron chi connectivity index (χ2n) is 5.24. The summed E-state index contributed by atoms with van der Waals surface area (Å²) >= 11 is 0. The van der Waals surface area contributed by atoms with E-state index in [0.29, 0.717) is 22.6 Å². The fraction of sp³-hybridized carbons (Fsp3) is 0.412. The van der Waals surface area contributed by atoms with Gasteiger partial charge in [-0.05, 0) is 45.0 Å². The van der Waals surface area contributed by atoms with Gasteiger partial charge in [0.15, 0.2) is 5.54 Å². The third-order valence-electron chi connectivity index (χ3n) is 3.54. The second-order valence-corrected chi connectivity index (χ2v) is 5.24. The van der Waals surface area contributed by atoms with Crippen molar-refractivity contribution in [3.63, 3.8) is 0 Å². The van der Waals surface area contributed by atoms with Gasteiger partial charge < -0.3 is 19.5 Å². The van der Waals surface area contributed by atoms with E-state index in [1.54, 1.807) is 52.2 Å². The molecule has 0 bridgehead atoms. The van der Waals surface area contributed by atoms with Crippen molar-refractivity contribution >= 4 is 23.2 Å². The van der Waals surface area contributed by atoms with Crippen LogP contribution in [-0.2, 0) is 19.1 Å². The molecule has 1 N–H and O–H groups in total. The summed E-state index contributed by atoms with van der Waals surface area (Å²) in [5, 5.41) is 3.12. The molecule has 1 aromatic carbocycles. The monoisotopic (exact) mass is 319 g/mol. The largest absolute Gasteiger partial charge is 0.497 e. The van der Waals surface area contributed by atoms with Gasteiger partial charge in [-0.25, -0.2) is 9.59 Å². The summed E-state index contributed by atoms with van der Waals surface area (Å²) in [6.45, 7) is 5.64. The van der Waals surface area contributed by atoms with Crippen LogP contribution in [0.2, 0.25) is 0 Å². The molecule has 0 saturated carbocycles. The van der Waals surface area contributed by atoms with Crippen molar-refractivity contribution in [3.8, 4) is 5.75 Å². The molecule has 1 unspecified atom stereocenters. The smallest absolute Gasteiger partial charge is 0.338 e. The average molecular weight is 319 g/mol. The lowest BCUT2D eigenvalue weighted by atomic mass is 9.89. The summed E-state index contributed by atoms with van der Waals surface area (Å²) < 4.78 is 15.4. The maximum Gasteiger partial charge on any atom is 0.338 e. The number of rotatable bonds is 5. The Morgan fingerprint density at radius 2 is 1.87 bits per heavy atom. The molecule has 0 spiro atoms. The summed E-state index contributed by atoms with van der Waals surface area (Å²) in [4.78, 5) is 24.6. The summed E-state index contributed by atoms with van der Waals surface area (Å²) in [5.41, 5.74) is 0.450. The van der Waals surface area contributed by atoms with E-state index in [1.165, 1.54) is 0 Å². The molecule has 124 valence electrons. The van der Waals surface area contributed by atoms with Gasteiger partial charge in [0.1, 0.15) is 5.75 Å². The standard InChI is InChI=1S/C17H21NO5/c1-5-22-15(19)13-10-17(3,16(20)23-6-2)18-14-8-7-11(21-4)9-12(13)14/h7-10,18H,5-6H2,1-4H3. The molecule has 6 heteroatoms. The van der Waals surface area contributed by atoms with Crippen LogP contribution in [0.15, 0.2) is 24.3 Å². The van der Waals surface area contributed by atoms with E-state index in [1.807, 2.05) is 0 Å². The molecule has 1 aliphatic rings. The molecular formula is C17H21NO5. The van der Waals surface area contributed by atoms with Crippen LogP contribution in [-0.4, -0.2) is 37.8 Å². The topological polar surface area (TPSA) is 73.9 Å². The van der Waals surface area contributed by atoms with Crippen LogP contribution in [0.4, 0.5) is 5.69 Å². The summed E-state index contributed by atoms with van der Waals surface area (Å²) in [6.07, 6.45) is 1.55. The Hall–Kier alpha value is -2.50. The fourth-order valence-corrected chi connectivity index (χ4v) is 2.43. The van der Waals surface area contributed by atoms with Crippen molar-refractivity contribution in [2.75, 3.05) is 25.6 Å². The first-order valence-electron chi connectivity index (χ1n) is 7.49. The minimum absolute atomic E-state index is 0.249. The normalized spacial score (nSPS) is 19.0. The van der Waals surface area contributed by atoms with Gasteiger partial charge in [0.25, 0.3) is 0 Å². The van der Waals surface area contributed by atoms with Crippen LogP contribution in [0.25, 0.3) is 5.57 Å². The van der Waals surface area contributed by atoms with Gasteiger partial charge in [-0.2, -0.15) is 0 Å². The molecule has 0 fully saturated rings. The van der Waals surface area contributed by atoms with Crippen molar-refractivity contribution in [2.24, 2.45) is 0 Å². The van der Waals surface area contributed by atoms with Crippen LogP contribution < -0.4 is 10.1 Å². The Kier molecular flexibility index (Phi) is 4.93. The highest BCUT2D eigenvalue weighted by Crippen LogP contribution is 2.37. The number of fused-ring (bicyclic) bond motifs is 1. The first kappa shape index (κ1) is 16.9. The number of esters is 2. The Balaban J connectivity index is 2.53. The van der Waals surface area contributed by atoms with Crippen molar-refractivity contribution in [3.05, 3.63) is 29.8 Å². The minimum Gasteiger partial charge on any atom is -0.497 e. The molecule has 1 aliphatic heterocycles. The van der Waals surface area contributed by atoms with Gasteiger partial charge >= 0.3 is 11.9 Å². The van der Waals surface area contributed by atoms with Crippen LogP contribution in [0.1, 0.15) is 26.3 Å². The number of methoxy groups -OCH3 is 1. The van der Waals surface area contributed by atoms with Crippen molar-refractivity contribution in [1.29, 1.82) is 0 Å². The number of anilines is 1. The molecule has 1 atom stereocenters. The lowest BCUT2D eigenvalue weighted by molar-refractivity contribution is -0.146. The fourth-order valence-electron chi connectivity index (χ4n) is 2.43. The second kappa shape index (κ2) is 6.73. The lowest BCUT2D eigenvalue weighted by Gasteiger charge is -2.32. The number of carbonyl (C=O) groups excluding carboxylic acids is 2. The molecule has 0 radical (unpaired) electrons. The SMILES string of the molecule is CCOC(=O)C1=CC(C)(C(=O)OCC)Nc2ccc(OC)cc21. The van der Waals surface area contributed by atoms with Crippen molar-refractivity contribution in [1.82, 2.24) is 0 Å². The summed E-state index contributed by atoms with van der Waals surface area (Å²) in [6, 6.07) is 5.25. The number of ether oxygens (including phenoxy) is 3. The molecule has 2 rings (SSSR count). The average Bonchev–Trinajstić information content (AvgIpc) is 2.54. The zero-order chi connectivity index (χ0) is 17.0. The van der Waals surface area contributed by atoms with E-state index in [-0.39, 0.29) is 13.2 Å². The van der Waals surface area contributed by atoms with E-state index in [4.69, 9.17) is 14.2 Å². The number of carbonyl (C=O) groups is 2. The summed E-state index contributed by atoms with van der Waals surface area (Å²) in [5.74, 6) is -0.331. The van der Waals surface area contributed by atoms with Crippen LogP contribution in [0.3, 0.4) is 0 Å². The van der Waals surface area contributed by atoms with Gasteiger partial charge in [0, 0.05) is 11.3 Å². The Morgan fingerprint density at radius 1 is 1.17 bits per heavy atom. The van der Waals surface area contributed by atoms with Gasteiger partial charge in [0.05, 0.1) is 25.9 Å². The quantitative estimate of drug-likeness (QED) is 0.840. The van der Waals surface area contributed by atoms with Gasteiger partial charge in [-0.15, -0.1) is 0 Å². The van der Waals surface area contributed by atoms with E-state index >= 15 is 0 Å². The molecule has 0 amide bonds. The molecule has 23 heavy (non-hydrogen) atoms. The molecule has 1 aromatic rings. The van der Waals surface area contributed by atoms with Crippen LogP contribution >= 0.6 is 0 Å². The van der Waals surface area contributed by atoms with E-state index in [0.717, 1.165) is 0 Å². The number of nitrogens with one attached hydrogen (secondary N) is 1. The maximum atomic E-state index is 12.3. The lowest BCUT2D eigenvalue weighted by Crippen LogP contribution is -2.45. The highest BCUT2D eigenvalue weighted by Gasteiger charge is 2.39. The van der Waals surface area contributed by atoms with E-state index in [2.05, 4.69) is 5.32 Å². The van der Waals surface area contributed by atoms with Crippen LogP contribution in [0.5, 0.6) is 5.75 Å². The summed E-state index contributed by atoms with van der Waals surface area (Å²) in [7, 11) is 1.55. The number of benzene rings is 1. The molecule has 6 nitrogen and oxygen atoms in total. The molecule has 1 heterocycles. The Morgan fingerprint density at radius 3 is 2.48 bits per heavy atom. The molecule has 0 aliphatic carbocycles. The first-order valence-corrected chi connectivity index (χ1v) is 7.49. The van der Waals surface area contributed by atoms with Crippen molar-refractivity contribution in [2.45, 2.75) is 26.3 Å². The van der Waals surface area contributed by atoms with E-state index < -0.39 is 17.5 Å². The highest BCUT2D eigenvalue weighted by atomic mass is 16.5. The predicted octanol–water partition coefficient (Wildman–Crippen LogP) is 2.39. The zero-order valence-corrected chi connectivity index (χ0v) is 13.8. The maximum absolute atomic E-state index is 12.3. The van der Waals surface area contributed by atoms with Crippen LogP contribution in [0, 0.1) is 0 Å². The van der Waals surface area contributed by atoms with Crippen molar-refractivity contribution < 1.29 is 23.8 Å². The third-order valence-corrected chi connectivity index (χ3v) is 3.54. The van der Waals surface area contributed by atoms with Gasteiger partial charge in [-0.1, -0.05) is 0 Å².